The minimum Gasteiger partial charge on any atom is -0.399 e. The van der Waals surface area contributed by atoms with Gasteiger partial charge in [-0.15, -0.1) is 11.3 Å². The molecule has 0 amide bonds. The van der Waals surface area contributed by atoms with Gasteiger partial charge in [0.05, 0.1) is 26.9 Å². The zero-order valence-electron chi connectivity index (χ0n) is 26.6. The normalized spacial score (nSPS) is 15.8. The number of aromatic nitrogens is 4. The highest BCUT2D eigenvalue weighted by atomic mass is 32.1. The standard InChI is InChI=1S/C39H31BN4O2S/c1-38(2)39(3,4)46-40(45-38)26-19-22-31-30(23-26)28-20-21-29-27-17-11-12-18-32(27)47-34(29)33(28)44(31)37-42-35(24-13-7-5-8-14-24)41-36(43-37)25-15-9-6-10-16-25/h5-23H,1-4H3. The first kappa shape index (κ1) is 28.3. The summed E-state index contributed by atoms with van der Waals surface area (Å²) in [4.78, 5) is 15.3. The molecule has 0 spiro atoms. The van der Waals surface area contributed by atoms with Gasteiger partial charge in [0, 0.05) is 37.4 Å². The molecule has 5 aromatic carbocycles. The van der Waals surface area contributed by atoms with Gasteiger partial charge in [-0.05, 0) is 45.3 Å². The van der Waals surface area contributed by atoms with Crippen molar-refractivity contribution in [3.8, 4) is 28.7 Å². The van der Waals surface area contributed by atoms with Gasteiger partial charge in [-0.3, -0.25) is 4.57 Å². The molecule has 1 saturated heterocycles. The minimum absolute atomic E-state index is 0.434. The fourth-order valence-electron chi connectivity index (χ4n) is 6.53. The molecule has 0 unspecified atom stereocenters. The number of thiophene rings is 1. The van der Waals surface area contributed by atoms with E-state index in [9.17, 15) is 0 Å². The Bertz CT molecular complexity index is 2410. The molecule has 0 atom stereocenters. The number of hydrogen-bond acceptors (Lipinski definition) is 6. The average molecular weight is 631 g/mol. The highest BCUT2D eigenvalue weighted by Crippen LogP contribution is 2.43. The van der Waals surface area contributed by atoms with E-state index < -0.39 is 18.3 Å². The predicted molar refractivity (Wildman–Crippen MR) is 194 cm³/mol. The summed E-state index contributed by atoms with van der Waals surface area (Å²) < 4.78 is 17.6. The van der Waals surface area contributed by atoms with Crippen LogP contribution < -0.4 is 5.46 Å². The second-order valence-electron chi connectivity index (χ2n) is 13.2. The van der Waals surface area contributed by atoms with Gasteiger partial charge in [0.1, 0.15) is 0 Å². The lowest BCUT2D eigenvalue weighted by molar-refractivity contribution is 0.00578. The fourth-order valence-corrected chi connectivity index (χ4v) is 7.77. The molecule has 8 aromatic rings. The van der Waals surface area contributed by atoms with Crippen molar-refractivity contribution in [3.05, 3.63) is 115 Å². The van der Waals surface area contributed by atoms with Crippen LogP contribution in [0.4, 0.5) is 0 Å². The summed E-state index contributed by atoms with van der Waals surface area (Å²) in [5.74, 6) is 1.83. The van der Waals surface area contributed by atoms with E-state index in [1.165, 1.54) is 20.2 Å². The Morgan fingerprint density at radius 3 is 1.85 bits per heavy atom. The van der Waals surface area contributed by atoms with Crippen molar-refractivity contribution in [2.75, 3.05) is 0 Å². The first-order valence-corrected chi connectivity index (χ1v) is 16.7. The Balaban J connectivity index is 1.36. The van der Waals surface area contributed by atoms with Gasteiger partial charge < -0.3 is 9.31 Å². The summed E-state index contributed by atoms with van der Waals surface area (Å²) in [7, 11) is -0.470. The molecule has 4 heterocycles. The van der Waals surface area contributed by atoms with Crippen LogP contribution in [0.2, 0.25) is 0 Å². The van der Waals surface area contributed by atoms with Crippen LogP contribution in [0.1, 0.15) is 27.7 Å². The SMILES string of the molecule is CC1(C)OB(c2ccc3c(c2)c2ccc4c5ccccc5sc4c2n3-c2nc(-c3ccccc3)nc(-c3ccccc3)n2)OC1(C)C. The Kier molecular flexibility index (Phi) is 6.22. The lowest BCUT2D eigenvalue weighted by Crippen LogP contribution is -2.41. The first-order valence-electron chi connectivity index (χ1n) is 15.9. The third-order valence-corrected chi connectivity index (χ3v) is 10.9. The van der Waals surface area contributed by atoms with Gasteiger partial charge in [-0.2, -0.15) is 9.97 Å². The molecular weight excluding hydrogens is 599 g/mol. The first-order chi connectivity index (χ1) is 22.8. The maximum Gasteiger partial charge on any atom is 0.494 e. The van der Waals surface area contributed by atoms with Crippen molar-refractivity contribution in [1.29, 1.82) is 0 Å². The van der Waals surface area contributed by atoms with Crippen molar-refractivity contribution in [3.63, 3.8) is 0 Å². The van der Waals surface area contributed by atoms with Crippen LogP contribution in [-0.2, 0) is 9.31 Å². The molecule has 0 N–H and O–H groups in total. The molecule has 9 rings (SSSR count). The second-order valence-corrected chi connectivity index (χ2v) is 14.2. The molecule has 1 aliphatic rings. The molecule has 228 valence electrons. The van der Waals surface area contributed by atoms with Crippen molar-refractivity contribution < 1.29 is 9.31 Å². The Hall–Kier alpha value is -4.89. The summed E-state index contributed by atoms with van der Waals surface area (Å²) in [6.07, 6.45) is 0. The van der Waals surface area contributed by atoms with E-state index in [1.54, 1.807) is 11.3 Å². The summed E-state index contributed by atoms with van der Waals surface area (Å²) in [6, 6.07) is 39.8. The maximum atomic E-state index is 6.48. The molecule has 0 saturated carbocycles. The van der Waals surface area contributed by atoms with Crippen LogP contribution in [0.5, 0.6) is 0 Å². The van der Waals surface area contributed by atoms with Crippen LogP contribution >= 0.6 is 11.3 Å². The molecule has 0 aliphatic carbocycles. The Morgan fingerprint density at radius 2 is 1.19 bits per heavy atom. The van der Waals surface area contributed by atoms with Crippen LogP contribution in [-0.4, -0.2) is 37.8 Å². The van der Waals surface area contributed by atoms with Crippen LogP contribution in [0.25, 0.3) is 70.7 Å². The molecular formula is C39H31BN4O2S. The van der Waals surface area contributed by atoms with Crippen LogP contribution in [0, 0.1) is 0 Å². The summed E-state index contributed by atoms with van der Waals surface area (Å²) >= 11 is 1.80. The number of nitrogens with zero attached hydrogens (tertiary/aromatic N) is 4. The van der Waals surface area contributed by atoms with E-state index in [2.05, 4.69) is 86.9 Å². The number of rotatable bonds is 4. The number of fused-ring (bicyclic) bond motifs is 7. The number of benzene rings is 5. The lowest BCUT2D eigenvalue weighted by Gasteiger charge is -2.32. The average Bonchev–Trinajstić information content (AvgIpc) is 3.71. The van der Waals surface area contributed by atoms with E-state index in [4.69, 9.17) is 24.3 Å². The van der Waals surface area contributed by atoms with E-state index >= 15 is 0 Å². The molecule has 47 heavy (non-hydrogen) atoms. The van der Waals surface area contributed by atoms with Gasteiger partial charge >= 0.3 is 7.12 Å². The molecule has 1 fully saturated rings. The van der Waals surface area contributed by atoms with E-state index in [0.29, 0.717) is 17.6 Å². The third kappa shape index (κ3) is 4.43. The Morgan fingerprint density at radius 1 is 0.596 bits per heavy atom. The number of hydrogen-bond donors (Lipinski definition) is 0. The largest absolute Gasteiger partial charge is 0.494 e. The van der Waals surface area contributed by atoms with E-state index in [1.807, 2.05) is 60.7 Å². The van der Waals surface area contributed by atoms with Crippen molar-refractivity contribution >= 4 is 65.9 Å². The quantitative estimate of drug-likeness (QED) is 0.182. The van der Waals surface area contributed by atoms with Crippen LogP contribution in [0.3, 0.4) is 0 Å². The zero-order chi connectivity index (χ0) is 31.9. The van der Waals surface area contributed by atoms with Gasteiger partial charge in [-0.1, -0.05) is 103 Å². The molecule has 1 aliphatic heterocycles. The monoisotopic (exact) mass is 630 g/mol. The van der Waals surface area contributed by atoms with Gasteiger partial charge in [0.25, 0.3) is 0 Å². The van der Waals surface area contributed by atoms with Gasteiger partial charge in [0.2, 0.25) is 5.95 Å². The summed E-state index contributed by atoms with van der Waals surface area (Å²) in [5.41, 5.74) is 4.07. The molecule has 8 heteroatoms. The molecule has 6 nitrogen and oxygen atoms in total. The fraction of sp³-hybridized carbons (Fsp3) is 0.154. The highest BCUT2D eigenvalue weighted by molar-refractivity contribution is 7.26. The van der Waals surface area contributed by atoms with Crippen molar-refractivity contribution in [2.45, 2.75) is 38.9 Å². The highest BCUT2D eigenvalue weighted by Gasteiger charge is 2.51. The summed E-state index contributed by atoms with van der Waals surface area (Å²) in [5, 5.41) is 4.68. The van der Waals surface area contributed by atoms with E-state index in [0.717, 1.165) is 38.4 Å². The lowest BCUT2D eigenvalue weighted by atomic mass is 9.78. The summed E-state index contributed by atoms with van der Waals surface area (Å²) in [6.45, 7) is 8.35. The van der Waals surface area contributed by atoms with Crippen molar-refractivity contribution in [1.82, 2.24) is 19.5 Å². The molecule has 0 bridgehead atoms. The minimum atomic E-state index is -0.470. The predicted octanol–water partition coefficient (Wildman–Crippen LogP) is 8.97. The second kappa shape index (κ2) is 10.3. The Labute approximate surface area is 276 Å². The van der Waals surface area contributed by atoms with E-state index in [-0.39, 0.29) is 0 Å². The van der Waals surface area contributed by atoms with Gasteiger partial charge in [0.15, 0.2) is 11.6 Å². The maximum absolute atomic E-state index is 6.48. The van der Waals surface area contributed by atoms with Crippen LogP contribution in [0.15, 0.2) is 115 Å². The molecule has 3 aromatic heterocycles. The third-order valence-electron chi connectivity index (χ3n) is 9.71. The van der Waals surface area contributed by atoms with Crippen molar-refractivity contribution in [2.24, 2.45) is 0 Å². The zero-order valence-corrected chi connectivity index (χ0v) is 27.4. The van der Waals surface area contributed by atoms with Gasteiger partial charge in [-0.25, -0.2) is 4.98 Å². The smallest absolute Gasteiger partial charge is 0.399 e. The molecule has 0 radical (unpaired) electrons. The topological polar surface area (TPSA) is 62.1 Å².